The van der Waals surface area contributed by atoms with Gasteiger partial charge in [0.25, 0.3) is 0 Å². The lowest BCUT2D eigenvalue weighted by Crippen LogP contribution is -2.29. The summed E-state index contributed by atoms with van der Waals surface area (Å²) in [5.41, 5.74) is 0.310. The molecule has 3 nitrogen and oxygen atoms in total. The Morgan fingerprint density at radius 3 is 2.94 bits per heavy atom. The molecule has 0 unspecified atom stereocenters. The first-order chi connectivity index (χ1) is 8.15. The van der Waals surface area contributed by atoms with E-state index in [2.05, 4.69) is 10.6 Å². The first kappa shape index (κ1) is 12.3. The van der Waals surface area contributed by atoms with Crippen molar-refractivity contribution in [3.05, 3.63) is 29.0 Å². The molecule has 0 bridgehead atoms. The zero-order valence-electron chi connectivity index (χ0n) is 9.30. The second kappa shape index (κ2) is 5.47. The third kappa shape index (κ3) is 3.98. The number of hydrogen-bond acceptors (Lipinski definition) is 2. The third-order valence-electron chi connectivity index (χ3n) is 2.62. The van der Waals surface area contributed by atoms with Gasteiger partial charge in [0, 0.05) is 0 Å². The average Bonchev–Trinajstić information content (AvgIpc) is 3.07. The van der Waals surface area contributed by atoms with E-state index >= 15 is 0 Å². The number of amides is 1. The molecule has 1 amide bonds. The molecule has 5 heteroatoms. The monoisotopic (exact) mass is 256 g/mol. The van der Waals surface area contributed by atoms with E-state index in [-0.39, 0.29) is 12.5 Å². The standard InChI is InChI=1S/C12H14ClFN2O/c13-10-4-3-9(14)5-11(10)16-12(17)7-15-6-8-1-2-8/h3-5,8,15H,1-2,6-7H2,(H,16,17). The van der Waals surface area contributed by atoms with Gasteiger partial charge in [0.2, 0.25) is 5.91 Å². The maximum Gasteiger partial charge on any atom is 0.238 e. The molecule has 0 atom stereocenters. The minimum atomic E-state index is -0.421. The molecule has 0 radical (unpaired) electrons. The van der Waals surface area contributed by atoms with E-state index < -0.39 is 5.82 Å². The summed E-state index contributed by atoms with van der Waals surface area (Å²) in [6.45, 7) is 1.09. The lowest BCUT2D eigenvalue weighted by atomic mass is 10.3. The average molecular weight is 257 g/mol. The number of halogens is 2. The summed E-state index contributed by atoms with van der Waals surface area (Å²) in [5, 5.41) is 5.96. The van der Waals surface area contributed by atoms with Crippen LogP contribution in [0.2, 0.25) is 5.02 Å². The van der Waals surface area contributed by atoms with E-state index in [1.165, 1.54) is 31.0 Å². The van der Waals surface area contributed by atoms with Crippen molar-refractivity contribution in [3.63, 3.8) is 0 Å². The van der Waals surface area contributed by atoms with Crippen LogP contribution in [0.15, 0.2) is 18.2 Å². The normalized spacial score (nSPS) is 14.7. The molecular formula is C12H14ClFN2O. The molecule has 0 spiro atoms. The highest BCUT2D eigenvalue weighted by Gasteiger charge is 2.20. The second-order valence-electron chi connectivity index (χ2n) is 4.25. The van der Waals surface area contributed by atoms with Gasteiger partial charge in [-0.2, -0.15) is 0 Å². The summed E-state index contributed by atoms with van der Waals surface area (Å²) in [6, 6.07) is 3.88. The van der Waals surface area contributed by atoms with Gasteiger partial charge >= 0.3 is 0 Å². The number of nitrogens with one attached hydrogen (secondary N) is 2. The van der Waals surface area contributed by atoms with Gasteiger partial charge in [-0.3, -0.25) is 4.79 Å². The Kier molecular flexibility index (Phi) is 3.97. The Labute approximate surface area is 104 Å². The van der Waals surface area contributed by atoms with Crippen molar-refractivity contribution in [2.24, 2.45) is 5.92 Å². The van der Waals surface area contributed by atoms with Gasteiger partial charge in [-0.1, -0.05) is 11.6 Å². The maximum atomic E-state index is 12.9. The largest absolute Gasteiger partial charge is 0.324 e. The summed E-state index contributed by atoms with van der Waals surface area (Å²) in [4.78, 5) is 11.5. The van der Waals surface area contributed by atoms with Crippen molar-refractivity contribution in [3.8, 4) is 0 Å². The van der Waals surface area contributed by atoms with Crippen LogP contribution in [-0.2, 0) is 4.79 Å². The Morgan fingerprint density at radius 2 is 2.24 bits per heavy atom. The number of benzene rings is 1. The lowest BCUT2D eigenvalue weighted by Gasteiger charge is -2.08. The van der Waals surface area contributed by atoms with E-state index in [0.29, 0.717) is 10.7 Å². The molecule has 0 saturated heterocycles. The van der Waals surface area contributed by atoms with Crippen LogP contribution in [0.5, 0.6) is 0 Å². The van der Waals surface area contributed by atoms with Crippen molar-refractivity contribution >= 4 is 23.2 Å². The third-order valence-corrected chi connectivity index (χ3v) is 2.95. The number of rotatable bonds is 5. The van der Waals surface area contributed by atoms with E-state index in [1.807, 2.05) is 0 Å². The van der Waals surface area contributed by atoms with Crippen LogP contribution < -0.4 is 10.6 Å². The van der Waals surface area contributed by atoms with Crippen molar-refractivity contribution in [1.29, 1.82) is 0 Å². The van der Waals surface area contributed by atoms with Crippen LogP contribution in [0.4, 0.5) is 10.1 Å². The molecule has 1 fully saturated rings. The minimum absolute atomic E-state index is 0.210. The zero-order chi connectivity index (χ0) is 12.3. The predicted molar refractivity (Wildman–Crippen MR) is 65.6 cm³/mol. The van der Waals surface area contributed by atoms with Gasteiger partial charge in [-0.25, -0.2) is 4.39 Å². The molecule has 0 heterocycles. The highest BCUT2D eigenvalue weighted by molar-refractivity contribution is 6.33. The van der Waals surface area contributed by atoms with E-state index in [0.717, 1.165) is 12.5 Å². The van der Waals surface area contributed by atoms with Crippen LogP contribution in [0.3, 0.4) is 0 Å². The Hall–Kier alpha value is -1.13. The maximum absolute atomic E-state index is 12.9. The van der Waals surface area contributed by atoms with Gasteiger partial charge < -0.3 is 10.6 Å². The summed E-state index contributed by atoms with van der Waals surface area (Å²) in [5.74, 6) is 0.0920. The lowest BCUT2D eigenvalue weighted by molar-refractivity contribution is -0.115. The fourth-order valence-electron chi connectivity index (χ4n) is 1.50. The Balaban J connectivity index is 1.81. The smallest absolute Gasteiger partial charge is 0.238 e. The molecule has 92 valence electrons. The van der Waals surface area contributed by atoms with Crippen molar-refractivity contribution in [1.82, 2.24) is 5.32 Å². The van der Waals surface area contributed by atoms with E-state index in [1.54, 1.807) is 0 Å². The van der Waals surface area contributed by atoms with Crippen molar-refractivity contribution < 1.29 is 9.18 Å². The Morgan fingerprint density at radius 1 is 1.47 bits per heavy atom. The van der Waals surface area contributed by atoms with E-state index in [9.17, 15) is 9.18 Å². The topological polar surface area (TPSA) is 41.1 Å². The van der Waals surface area contributed by atoms with Gasteiger partial charge in [0.05, 0.1) is 17.3 Å². The summed E-state index contributed by atoms with van der Waals surface area (Å²) in [7, 11) is 0. The molecule has 1 aliphatic carbocycles. The molecule has 2 rings (SSSR count). The number of hydrogen-bond donors (Lipinski definition) is 2. The quantitative estimate of drug-likeness (QED) is 0.850. The van der Waals surface area contributed by atoms with Crippen LogP contribution in [-0.4, -0.2) is 19.0 Å². The predicted octanol–water partition coefficient (Wildman–Crippen LogP) is 2.42. The Bertz CT molecular complexity index is 421. The summed E-state index contributed by atoms with van der Waals surface area (Å²) in [6.07, 6.45) is 2.48. The number of carbonyl (C=O) groups excluding carboxylic acids is 1. The zero-order valence-corrected chi connectivity index (χ0v) is 10.1. The van der Waals surface area contributed by atoms with Gasteiger partial charge in [-0.05, 0) is 43.5 Å². The van der Waals surface area contributed by atoms with Crippen molar-refractivity contribution in [2.75, 3.05) is 18.4 Å². The molecule has 0 aliphatic heterocycles. The molecular weight excluding hydrogens is 243 g/mol. The van der Waals surface area contributed by atoms with Crippen LogP contribution in [0.1, 0.15) is 12.8 Å². The van der Waals surface area contributed by atoms with E-state index in [4.69, 9.17) is 11.6 Å². The minimum Gasteiger partial charge on any atom is -0.324 e. The first-order valence-corrected chi connectivity index (χ1v) is 5.98. The number of anilines is 1. The highest BCUT2D eigenvalue weighted by Crippen LogP contribution is 2.27. The molecule has 1 aromatic rings. The molecule has 1 aliphatic rings. The first-order valence-electron chi connectivity index (χ1n) is 5.61. The molecule has 17 heavy (non-hydrogen) atoms. The van der Waals surface area contributed by atoms with Gasteiger partial charge in [-0.15, -0.1) is 0 Å². The number of carbonyl (C=O) groups is 1. The molecule has 2 N–H and O–H groups in total. The fraction of sp³-hybridized carbons (Fsp3) is 0.417. The molecule has 1 saturated carbocycles. The highest BCUT2D eigenvalue weighted by atomic mass is 35.5. The fourth-order valence-corrected chi connectivity index (χ4v) is 1.66. The molecule has 1 aromatic carbocycles. The van der Waals surface area contributed by atoms with Crippen LogP contribution in [0, 0.1) is 11.7 Å². The van der Waals surface area contributed by atoms with Gasteiger partial charge in [0.15, 0.2) is 0 Å². The van der Waals surface area contributed by atoms with Crippen LogP contribution >= 0.6 is 11.6 Å². The molecule has 0 aromatic heterocycles. The SMILES string of the molecule is O=C(CNCC1CC1)Nc1cc(F)ccc1Cl. The van der Waals surface area contributed by atoms with Crippen molar-refractivity contribution in [2.45, 2.75) is 12.8 Å². The summed E-state index contributed by atoms with van der Waals surface area (Å²) < 4.78 is 12.9. The van der Waals surface area contributed by atoms with Gasteiger partial charge in [0.1, 0.15) is 5.82 Å². The summed E-state index contributed by atoms with van der Waals surface area (Å²) >= 11 is 5.83. The van der Waals surface area contributed by atoms with Crippen LogP contribution in [0.25, 0.3) is 0 Å². The second-order valence-corrected chi connectivity index (χ2v) is 4.65.